The number of hydrogen-bond acceptors (Lipinski definition) is 2. The van der Waals surface area contributed by atoms with E-state index in [1.807, 2.05) is 6.92 Å². The van der Waals surface area contributed by atoms with Gasteiger partial charge in [-0.3, -0.25) is 4.79 Å². The van der Waals surface area contributed by atoms with Gasteiger partial charge in [-0.05, 0) is 37.3 Å². The molecule has 5 heteroatoms. The fourth-order valence-electron chi connectivity index (χ4n) is 1.65. The Morgan fingerprint density at radius 2 is 1.95 bits per heavy atom. The summed E-state index contributed by atoms with van der Waals surface area (Å²) in [5, 5.41) is 3.50. The molecule has 0 saturated heterocycles. The molecule has 0 fully saturated rings. The van der Waals surface area contributed by atoms with Gasteiger partial charge < -0.3 is 10.1 Å². The van der Waals surface area contributed by atoms with Crippen LogP contribution in [0.3, 0.4) is 0 Å². The predicted molar refractivity (Wildman–Crippen MR) is 81.0 cm³/mol. The molecule has 1 N–H and O–H groups in total. The molecule has 0 unspecified atom stereocenters. The van der Waals surface area contributed by atoms with Crippen molar-refractivity contribution < 1.29 is 9.53 Å². The third kappa shape index (κ3) is 3.44. The molecule has 0 spiro atoms. The van der Waals surface area contributed by atoms with Crippen LogP contribution in [-0.2, 0) is 0 Å². The quantitative estimate of drug-likeness (QED) is 0.900. The third-order valence-electron chi connectivity index (χ3n) is 2.58. The molecule has 0 atom stereocenters. The molecule has 0 aliphatic carbocycles. The van der Waals surface area contributed by atoms with E-state index < -0.39 is 0 Å². The highest BCUT2D eigenvalue weighted by molar-refractivity contribution is 6.42. The average molecular weight is 310 g/mol. The maximum Gasteiger partial charge on any atom is 0.251 e. The maximum absolute atomic E-state index is 11.8. The van der Waals surface area contributed by atoms with Gasteiger partial charge in [-0.25, -0.2) is 0 Å². The molecule has 2 rings (SSSR count). The Hall–Kier alpha value is -1.71. The zero-order chi connectivity index (χ0) is 14.5. The molecule has 20 heavy (non-hydrogen) atoms. The van der Waals surface area contributed by atoms with Crippen molar-refractivity contribution in [3.05, 3.63) is 58.1 Å². The van der Waals surface area contributed by atoms with Crippen molar-refractivity contribution in [1.82, 2.24) is 5.32 Å². The van der Waals surface area contributed by atoms with E-state index in [0.717, 1.165) is 0 Å². The number of rotatable bonds is 4. The van der Waals surface area contributed by atoms with Gasteiger partial charge in [0.25, 0.3) is 5.91 Å². The van der Waals surface area contributed by atoms with E-state index in [1.165, 1.54) is 0 Å². The van der Waals surface area contributed by atoms with Crippen molar-refractivity contribution in [2.24, 2.45) is 0 Å². The van der Waals surface area contributed by atoms with Crippen molar-refractivity contribution >= 4 is 29.1 Å². The highest BCUT2D eigenvalue weighted by Crippen LogP contribution is 2.34. The van der Waals surface area contributed by atoms with Gasteiger partial charge >= 0.3 is 0 Å². The van der Waals surface area contributed by atoms with E-state index in [2.05, 4.69) is 5.32 Å². The first-order chi connectivity index (χ1) is 9.61. The number of nitrogens with one attached hydrogen (secondary N) is 1. The fraction of sp³-hybridized carbons (Fsp3) is 0.133. The summed E-state index contributed by atoms with van der Waals surface area (Å²) in [6, 6.07) is 12.0. The van der Waals surface area contributed by atoms with Crippen molar-refractivity contribution in [1.29, 1.82) is 0 Å². The van der Waals surface area contributed by atoms with E-state index in [4.69, 9.17) is 27.9 Å². The second-order valence-corrected chi connectivity index (χ2v) is 4.83. The predicted octanol–water partition coefficient (Wildman–Crippen LogP) is 4.54. The lowest BCUT2D eigenvalue weighted by Crippen LogP contribution is -2.22. The van der Waals surface area contributed by atoms with Crippen LogP contribution >= 0.6 is 23.2 Å². The smallest absolute Gasteiger partial charge is 0.251 e. The number of amides is 1. The Morgan fingerprint density at radius 3 is 2.70 bits per heavy atom. The molecule has 3 nitrogen and oxygen atoms in total. The monoisotopic (exact) mass is 309 g/mol. The first kappa shape index (κ1) is 14.7. The largest absolute Gasteiger partial charge is 0.456 e. The molecule has 2 aromatic carbocycles. The standard InChI is InChI=1S/C15H13Cl2NO2/c1-2-18-15(19)10-5-3-6-11(9-10)20-13-8-4-7-12(16)14(13)17/h3-9H,2H2,1H3,(H,18,19). The number of hydrogen-bond donors (Lipinski definition) is 1. The number of carbonyl (C=O) groups is 1. The van der Waals surface area contributed by atoms with Gasteiger partial charge in [-0.2, -0.15) is 0 Å². The summed E-state index contributed by atoms with van der Waals surface area (Å²) in [7, 11) is 0. The molecule has 0 radical (unpaired) electrons. The second kappa shape index (κ2) is 6.64. The van der Waals surface area contributed by atoms with E-state index in [1.54, 1.807) is 42.5 Å². The molecule has 0 bridgehead atoms. The van der Waals surface area contributed by atoms with Crippen molar-refractivity contribution in [2.45, 2.75) is 6.92 Å². The normalized spacial score (nSPS) is 10.2. The molecule has 0 aliphatic heterocycles. The minimum Gasteiger partial charge on any atom is -0.456 e. The van der Waals surface area contributed by atoms with Crippen LogP contribution in [0.1, 0.15) is 17.3 Å². The minimum atomic E-state index is -0.143. The average Bonchev–Trinajstić information content (AvgIpc) is 2.44. The lowest BCUT2D eigenvalue weighted by Gasteiger charge is -2.09. The molecule has 104 valence electrons. The van der Waals surface area contributed by atoms with Gasteiger partial charge in [0.2, 0.25) is 0 Å². The summed E-state index contributed by atoms with van der Waals surface area (Å²) < 4.78 is 5.66. The minimum absolute atomic E-state index is 0.143. The lowest BCUT2D eigenvalue weighted by molar-refractivity contribution is 0.0955. The lowest BCUT2D eigenvalue weighted by atomic mass is 10.2. The van der Waals surface area contributed by atoms with Crippen LogP contribution in [0.5, 0.6) is 11.5 Å². The maximum atomic E-state index is 11.8. The zero-order valence-electron chi connectivity index (χ0n) is 10.8. The summed E-state index contributed by atoms with van der Waals surface area (Å²) in [6.07, 6.45) is 0. The highest BCUT2D eigenvalue weighted by Gasteiger charge is 2.09. The number of benzene rings is 2. The first-order valence-electron chi connectivity index (χ1n) is 6.12. The van der Waals surface area contributed by atoms with Gasteiger partial charge in [-0.15, -0.1) is 0 Å². The van der Waals surface area contributed by atoms with Crippen molar-refractivity contribution in [3.8, 4) is 11.5 Å². The van der Waals surface area contributed by atoms with Gasteiger partial charge in [-0.1, -0.05) is 35.3 Å². The molecule has 0 aromatic heterocycles. The Morgan fingerprint density at radius 1 is 1.20 bits per heavy atom. The molecule has 2 aromatic rings. The van der Waals surface area contributed by atoms with Crippen LogP contribution in [0.25, 0.3) is 0 Å². The summed E-state index contributed by atoms with van der Waals surface area (Å²) in [4.78, 5) is 11.8. The Bertz CT molecular complexity index is 629. The van der Waals surface area contributed by atoms with E-state index in [0.29, 0.717) is 33.7 Å². The highest BCUT2D eigenvalue weighted by atomic mass is 35.5. The fourth-order valence-corrected chi connectivity index (χ4v) is 1.98. The number of halogens is 2. The van der Waals surface area contributed by atoms with Gasteiger partial charge in [0.15, 0.2) is 0 Å². The molecule has 0 saturated carbocycles. The molecule has 1 amide bonds. The van der Waals surface area contributed by atoms with E-state index >= 15 is 0 Å². The zero-order valence-corrected chi connectivity index (χ0v) is 12.3. The van der Waals surface area contributed by atoms with Crippen molar-refractivity contribution in [2.75, 3.05) is 6.54 Å². The molecule has 0 aliphatic rings. The van der Waals surface area contributed by atoms with E-state index in [9.17, 15) is 4.79 Å². The summed E-state index contributed by atoms with van der Waals surface area (Å²) in [5.41, 5.74) is 0.530. The van der Waals surface area contributed by atoms with Gasteiger partial charge in [0, 0.05) is 12.1 Å². The third-order valence-corrected chi connectivity index (χ3v) is 3.38. The van der Waals surface area contributed by atoms with Crippen LogP contribution in [0.15, 0.2) is 42.5 Å². The van der Waals surface area contributed by atoms with Crippen molar-refractivity contribution in [3.63, 3.8) is 0 Å². The van der Waals surface area contributed by atoms with Crippen LogP contribution in [0.4, 0.5) is 0 Å². The summed E-state index contributed by atoms with van der Waals surface area (Å²) >= 11 is 12.0. The second-order valence-electron chi connectivity index (χ2n) is 4.04. The van der Waals surface area contributed by atoms with Crippen LogP contribution in [0, 0.1) is 0 Å². The summed E-state index contributed by atoms with van der Waals surface area (Å²) in [5.74, 6) is 0.834. The molecular weight excluding hydrogens is 297 g/mol. The summed E-state index contributed by atoms with van der Waals surface area (Å²) in [6.45, 7) is 2.44. The number of ether oxygens (including phenoxy) is 1. The SMILES string of the molecule is CCNC(=O)c1cccc(Oc2cccc(Cl)c2Cl)c1. The molecule has 0 heterocycles. The van der Waals surface area contributed by atoms with Gasteiger partial charge in [0.05, 0.1) is 5.02 Å². The first-order valence-corrected chi connectivity index (χ1v) is 6.87. The Balaban J connectivity index is 2.24. The molecular formula is C15H13Cl2NO2. The Labute approximate surface area is 127 Å². The topological polar surface area (TPSA) is 38.3 Å². The van der Waals surface area contributed by atoms with Crippen LogP contribution in [0.2, 0.25) is 10.0 Å². The van der Waals surface area contributed by atoms with Crippen LogP contribution < -0.4 is 10.1 Å². The van der Waals surface area contributed by atoms with E-state index in [-0.39, 0.29) is 5.91 Å². The number of carbonyl (C=O) groups excluding carboxylic acids is 1. The van der Waals surface area contributed by atoms with Gasteiger partial charge in [0.1, 0.15) is 16.5 Å². The van der Waals surface area contributed by atoms with Crippen LogP contribution in [-0.4, -0.2) is 12.5 Å². The Kier molecular flexibility index (Phi) is 4.88.